The molecule has 0 radical (unpaired) electrons. The van der Waals surface area contributed by atoms with Crippen LogP contribution in [-0.2, 0) is 16.0 Å². The van der Waals surface area contributed by atoms with Crippen molar-refractivity contribution in [3.8, 4) is 0 Å². The molecule has 0 aromatic heterocycles. The van der Waals surface area contributed by atoms with Crippen LogP contribution in [0.1, 0.15) is 22.3 Å². The topological polar surface area (TPSA) is 38.7 Å². The van der Waals surface area contributed by atoms with Gasteiger partial charge in [-0.3, -0.25) is 0 Å². The van der Waals surface area contributed by atoms with Gasteiger partial charge < -0.3 is 4.74 Å². The Morgan fingerprint density at radius 2 is 1.87 bits per heavy atom. The number of aliphatic imine (C=N–C) groups is 1. The van der Waals surface area contributed by atoms with E-state index in [0.29, 0.717) is 12.3 Å². The molecule has 2 aromatic carbocycles. The normalized spacial score (nSPS) is 15.7. The lowest BCUT2D eigenvalue weighted by Crippen LogP contribution is -2.06. The van der Waals surface area contributed by atoms with E-state index in [0.717, 1.165) is 16.7 Å². The van der Waals surface area contributed by atoms with Crippen LogP contribution in [0, 0.1) is 19.7 Å². The van der Waals surface area contributed by atoms with E-state index in [4.69, 9.17) is 4.74 Å². The minimum absolute atomic E-state index is 0.286. The summed E-state index contributed by atoms with van der Waals surface area (Å²) < 4.78 is 18.1. The minimum atomic E-state index is -0.456. The van der Waals surface area contributed by atoms with Crippen LogP contribution in [0.3, 0.4) is 0 Å². The summed E-state index contributed by atoms with van der Waals surface area (Å²) >= 11 is 0. The quantitative estimate of drug-likeness (QED) is 0.635. The largest absolute Gasteiger partial charge is 0.406 e. The lowest BCUT2D eigenvalue weighted by atomic mass is 10.0. The van der Waals surface area contributed by atoms with Crippen molar-refractivity contribution in [2.24, 2.45) is 4.99 Å². The molecule has 0 amide bonds. The van der Waals surface area contributed by atoms with E-state index in [-0.39, 0.29) is 11.5 Å². The number of ether oxygens (including phenoxy) is 1. The first-order valence-corrected chi connectivity index (χ1v) is 7.34. The van der Waals surface area contributed by atoms with Gasteiger partial charge in [-0.2, -0.15) is 0 Å². The zero-order valence-electron chi connectivity index (χ0n) is 13.0. The highest BCUT2D eigenvalue weighted by molar-refractivity contribution is 6.07. The third-order valence-corrected chi connectivity index (χ3v) is 3.65. The number of carbonyl (C=O) groups is 1. The number of benzene rings is 2. The van der Waals surface area contributed by atoms with Gasteiger partial charge in [0.1, 0.15) is 5.82 Å². The molecular formula is C19H16FNO2. The molecule has 116 valence electrons. The van der Waals surface area contributed by atoms with Gasteiger partial charge in [-0.05, 0) is 48.7 Å². The minimum Gasteiger partial charge on any atom is -0.406 e. The van der Waals surface area contributed by atoms with Gasteiger partial charge in [0.15, 0.2) is 5.70 Å². The number of rotatable bonds is 3. The summed E-state index contributed by atoms with van der Waals surface area (Å²) in [7, 11) is 0. The van der Waals surface area contributed by atoms with Gasteiger partial charge >= 0.3 is 5.97 Å². The maximum atomic E-state index is 12.9. The van der Waals surface area contributed by atoms with Crippen molar-refractivity contribution in [3.63, 3.8) is 0 Å². The maximum Gasteiger partial charge on any atom is 0.363 e. The SMILES string of the molecule is Cc1ccc(/C=C2\N=C(Cc3ccc(F)cc3)OC2=O)c(C)c1. The van der Waals surface area contributed by atoms with E-state index in [1.165, 1.54) is 17.7 Å². The molecule has 0 unspecified atom stereocenters. The smallest absolute Gasteiger partial charge is 0.363 e. The van der Waals surface area contributed by atoms with Crippen molar-refractivity contribution in [1.82, 2.24) is 0 Å². The summed E-state index contributed by atoms with van der Waals surface area (Å²) in [6, 6.07) is 12.0. The molecule has 1 aliphatic rings. The van der Waals surface area contributed by atoms with Crippen LogP contribution in [0.15, 0.2) is 53.2 Å². The number of nitrogens with zero attached hydrogens (tertiary/aromatic N) is 1. The average Bonchev–Trinajstić information content (AvgIpc) is 2.84. The van der Waals surface area contributed by atoms with Crippen molar-refractivity contribution in [2.45, 2.75) is 20.3 Å². The summed E-state index contributed by atoms with van der Waals surface area (Å²) in [5, 5.41) is 0. The first-order valence-electron chi connectivity index (χ1n) is 7.34. The fourth-order valence-corrected chi connectivity index (χ4v) is 2.44. The van der Waals surface area contributed by atoms with Gasteiger partial charge in [0.05, 0.1) is 0 Å². The zero-order valence-corrected chi connectivity index (χ0v) is 13.0. The van der Waals surface area contributed by atoms with Crippen LogP contribution in [0.5, 0.6) is 0 Å². The molecule has 3 rings (SSSR count). The third-order valence-electron chi connectivity index (χ3n) is 3.65. The summed E-state index contributed by atoms with van der Waals surface area (Å²) in [6.07, 6.45) is 2.09. The van der Waals surface area contributed by atoms with E-state index in [1.807, 2.05) is 26.0 Å². The zero-order chi connectivity index (χ0) is 16.4. The molecule has 1 aliphatic heterocycles. The van der Waals surface area contributed by atoms with E-state index >= 15 is 0 Å². The Morgan fingerprint density at radius 3 is 2.57 bits per heavy atom. The van der Waals surface area contributed by atoms with E-state index < -0.39 is 5.97 Å². The van der Waals surface area contributed by atoms with Gasteiger partial charge in [0.25, 0.3) is 0 Å². The summed E-state index contributed by atoms with van der Waals surface area (Å²) in [4.78, 5) is 16.2. The van der Waals surface area contributed by atoms with Crippen LogP contribution in [0.2, 0.25) is 0 Å². The van der Waals surface area contributed by atoms with Crippen LogP contribution in [-0.4, -0.2) is 11.9 Å². The number of aryl methyl sites for hydroxylation is 2. The van der Waals surface area contributed by atoms with Gasteiger partial charge in [-0.25, -0.2) is 14.2 Å². The van der Waals surface area contributed by atoms with Gasteiger partial charge in [0, 0.05) is 6.42 Å². The second-order valence-corrected chi connectivity index (χ2v) is 5.59. The van der Waals surface area contributed by atoms with Crippen molar-refractivity contribution < 1.29 is 13.9 Å². The molecule has 3 nitrogen and oxygen atoms in total. The van der Waals surface area contributed by atoms with E-state index in [9.17, 15) is 9.18 Å². The predicted octanol–water partition coefficient (Wildman–Crippen LogP) is 3.98. The molecule has 0 saturated heterocycles. The Balaban J connectivity index is 1.83. The Kier molecular flexibility index (Phi) is 4.06. The van der Waals surface area contributed by atoms with Crippen LogP contribution >= 0.6 is 0 Å². The predicted molar refractivity (Wildman–Crippen MR) is 87.5 cm³/mol. The molecule has 4 heteroatoms. The molecule has 0 aliphatic carbocycles. The number of halogens is 1. The molecule has 0 bridgehead atoms. The lowest BCUT2D eigenvalue weighted by molar-refractivity contribution is -0.130. The van der Waals surface area contributed by atoms with Crippen molar-refractivity contribution in [2.75, 3.05) is 0 Å². The molecule has 0 spiro atoms. The van der Waals surface area contributed by atoms with Crippen molar-refractivity contribution >= 4 is 17.9 Å². The Labute approximate surface area is 134 Å². The van der Waals surface area contributed by atoms with E-state index in [1.54, 1.807) is 18.2 Å². The Bertz CT molecular complexity index is 820. The van der Waals surface area contributed by atoms with Crippen LogP contribution < -0.4 is 0 Å². The fourth-order valence-electron chi connectivity index (χ4n) is 2.44. The number of hydrogen-bond acceptors (Lipinski definition) is 3. The van der Waals surface area contributed by atoms with Gasteiger partial charge in [-0.1, -0.05) is 35.9 Å². The molecule has 0 N–H and O–H groups in total. The number of carbonyl (C=O) groups excluding carboxylic acids is 1. The standard InChI is InChI=1S/C19H16FNO2/c1-12-3-6-15(13(2)9-12)11-17-19(22)23-18(21-17)10-14-4-7-16(20)8-5-14/h3-9,11H,10H2,1-2H3/b17-11-. The highest BCUT2D eigenvalue weighted by Gasteiger charge is 2.23. The van der Waals surface area contributed by atoms with Crippen LogP contribution in [0.4, 0.5) is 4.39 Å². The summed E-state index contributed by atoms with van der Waals surface area (Å²) in [5.41, 5.74) is 4.31. The molecule has 23 heavy (non-hydrogen) atoms. The van der Waals surface area contributed by atoms with Crippen LogP contribution in [0.25, 0.3) is 6.08 Å². The highest BCUT2D eigenvalue weighted by atomic mass is 19.1. The number of cyclic esters (lactones) is 1. The highest BCUT2D eigenvalue weighted by Crippen LogP contribution is 2.20. The molecule has 2 aromatic rings. The van der Waals surface area contributed by atoms with Gasteiger partial charge in [0.2, 0.25) is 5.90 Å². The molecule has 0 saturated carbocycles. The van der Waals surface area contributed by atoms with E-state index in [2.05, 4.69) is 11.1 Å². The summed E-state index contributed by atoms with van der Waals surface area (Å²) in [6.45, 7) is 4.01. The summed E-state index contributed by atoms with van der Waals surface area (Å²) in [5.74, 6) is -0.422. The Morgan fingerprint density at radius 1 is 1.13 bits per heavy atom. The van der Waals surface area contributed by atoms with Crippen molar-refractivity contribution in [1.29, 1.82) is 0 Å². The third kappa shape index (κ3) is 3.54. The average molecular weight is 309 g/mol. The number of esters is 1. The van der Waals surface area contributed by atoms with Gasteiger partial charge in [-0.15, -0.1) is 0 Å². The molecule has 0 atom stereocenters. The monoisotopic (exact) mass is 309 g/mol. The maximum absolute atomic E-state index is 12.9. The second-order valence-electron chi connectivity index (χ2n) is 5.59. The molecule has 1 heterocycles. The van der Waals surface area contributed by atoms with Crippen molar-refractivity contribution in [3.05, 3.63) is 76.2 Å². The molecule has 0 fully saturated rings. The Hall–Kier alpha value is -2.75. The lowest BCUT2D eigenvalue weighted by Gasteiger charge is -2.01. The number of hydrogen-bond donors (Lipinski definition) is 0. The fraction of sp³-hybridized carbons (Fsp3) is 0.158. The molecular weight excluding hydrogens is 293 g/mol. The second kappa shape index (κ2) is 6.16. The first-order chi connectivity index (χ1) is 11.0. The first kappa shape index (κ1) is 15.2.